The average molecular weight is 473 g/mol. The minimum Gasteiger partial charge on any atom is -0.352 e. The van der Waals surface area contributed by atoms with Crippen molar-refractivity contribution in [3.63, 3.8) is 0 Å². The SMILES string of the molecule is O=C1NCc2cc(-c3ccc(Nc4ccc(S(=O)NC5CCNC5)cc4)c4nccn34)ccc21. The van der Waals surface area contributed by atoms with Gasteiger partial charge >= 0.3 is 0 Å². The molecule has 172 valence electrons. The lowest BCUT2D eigenvalue weighted by atomic mass is 10.0. The lowest BCUT2D eigenvalue weighted by molar-refractivity contribution is 0.0965. The fraction of sp³-hybridized carbons (Fsp3) is 0.200. The number of hydrogen-bond acceptors (Lipinski definition) is 5. The first-order valence-corrected chi connectivity index (χ1v) is 12.4. The highest BCUT2D eigenvalue weighted by molar-refractivity contribution is 7.83. The predicted molar refractivity (Wildman–Crippen MR) is 132 cm³/mol. The van der Waals surface area contributed by atoms with Gasteiger partial charge in [-0.3, -0.25) is 9.20 Å². The number of carbonyl (C=O) groups is 1. The number of rotatable bonds is 6. The molecule has 2 aromatic heterocycles. The fourth-order valence-electron chi connectivity index (χ4n) is 4.53. The van der Waals surface area contributed by atoms with Gasteiger partial charge in [0.1, 0.15) is 11.0 Å². The number of carbonyl (C=O) groups excluding carboxylic acids is 1. The summed E-state index contributed by atoms with van der Waals surface area (Å²) < 4.78 is 17.8. The minimum atomic E-state index is -1.23. The van der Waals surface area contributed by atoms with Crippen LogP contribution in [0, 0.1) is 0 Å². The molecule has 0 aliphatic carbocycles. The Balaban J connectivity index is 1.24. The molecule has 8 nitrogen and oxygen atoms in total. The van der Waals surface area contributed by atoms with Gasteiger partial charge in [-0.05, 0) is 72.6 Å². The highest BCUT2D eigenvalue weighted by atomic mass is 32.2. The van der Waals surface area contributed by atoms with Gasteiger partial charge in [-0.15, -0.1) is 0 Å². The van der Waals surface area contributed by atoms with Crippen molar-refractivity contribution in [2.75, 3.05) is 18.4 Å². The van der Waals surface area contributed by atoms with E-state index in [0.717, 1.165) is 63.8 Å². The molecule has 6 rings (SSSR count). The van der Waals surface area contributed by atoms with Gasteiger partial charge in [0, 0.05) is 42.8 Å². The molecule has 4 aromatic rings. The summed E-state index contributed by atoms with van der Waals surface area (Å²) in [4.78, 5) is 17.2. The lowest BCUT2D eigenvalue weighted by Gasteiger charge is -2.13. The van der Waals surface area contributed by atoms with Crippen molar-refractivity contribution < 1.29 is 9.00 Å². The average Bonchev–Trinajstić information content (AvgIpc) is 3.62. The molecule has 4 N–H and O–H groups in total. The molecule has 0 radical (unpaired) electrons. The Morgan fingerprint density at radius 3 is 2.79 bits per heavy atom. The van der Waals surface area contributed by atoms with Crippen LogP contribution in [0.4, 0.5) is 11.4 Å². The van der Waals surface area contributed by atoms with Crippen LogP contribution in [-0.2, 0) is 17.5 Å². The van der Waals surface area contributed by atoms with Crippen molar-refractivity contribution in [2.24, 2.45) is 0 Å². The van der Waals surface area contributed by atoms with Crippen LogP contribution in [0.25, 0.3) is 16.9 Å². The van der Waals surface area contributed by atoms with Crippen LogP contribution in [0.5, 0.6) is 0 Å². The molecule has 2 unspecified atom stereocenters. The zero-order valence-electron chi connectivity index (χ0n) is 18.4. The van der Waals surface area contributed by atoms with Gasteiger partial charge in [0.05, 0.1) is 16.3 Å². The van der Waals surface area contributed by atoms with E-state index in [1.807, 2.05) is 59.1 Å². The first kappa shape index (κ1) is 21.0. The molecule has 2 atom stereocenters. The van der Waals surface area contributed by atoms with E-state index in [9.17, 15) is 9.00 Å². The molecular weight excluding hydrogens is 448 g/mol. The molecule has 9 heteroatoms. The van der Waals surface area contributed by atoms with Crippen molar-refractivity contribution >= 4 is 33.9 Å². The summed E-state index contributed by atoms with van der Waals surface area (Å²) in [6.45, 7) is 2.37. The number of amides is 1. The van der Waals surface area contributed by atoms with Crippen LogP contribution in [0.1, 0.15) is 22.3 Å². The fourth-order valence-corrected chi connectivity index (χ4v) is 5.55. The third kappa shape index (κ3) is 3.87. The van der Waals surface area contributed by atoms with E-state index in [-0.39, 0.29) is 11.9 Å². The van der Waals surface area contributed by atoms with Gasteiger partial charge in [0.15, 0.2) is 5.65 Å². The second-order valence-corrected chi connectivity index (χ2v) is 9.78. The molecule has 0 saturated carbocycles. The maximum atomic E-state index is 12.6. The van der Waals surface area contributed by atoms with Crippen LogP contribution in [0.15, 0.2) is 71.9 Å². The second kappa shape index (κ2) is 8.68. The predicted octanol–water partition coefficient (Wildman–Crippen LogP) is 2.96. The van der Waals surface area contributed by atoms with E-state index in [1.165, 1.54) is 0 Å². The van der Waals surface area contributed by atoms with Gasteiger partial charge in [-0.25, -0.2) is 13.9 Å². The first-order valence-electron chi connectivity index (χ1n) is 11.3. The smallest absolute Gasteiger partial charge is 0.251 e. The van der Waals surface area contributed by atoms with Crippen LogP contribution >= 0.6 is 0 Å². The highest BCUT2D eigenvalue weighted by Crippen LogP contribution is 2.30. The number of anilines is 2. The van der Waals surface area contributed by atoms with E-state index in [0.29, 0.717) is 6.54 Å². The molecule has 34 heavy (non-hydrogen) atoms. The molecule has 1 amide bonds. The Bertz CT molecular complexity index is 1410. The third-order valence-corrected chi connectivity index (χ3v) is 7.56. The molecule has 2 aliphatic heterocycles. The van der Waals surface area contributed by atoms with Crippen molar-refractivity contribution in [2.45, 2.75) is 23.9 Å². The summed E-state index contributed by atoms with van der Waals surface area (Å²) in [6.07, 6.45) is 4.70. The van der Waals surface area contributed by atoms with E-state index in [4.69, 9.17) is 0 Å². The van der Waals surface area contributed by atoms with Crippen molar-refractivity contribution in [1.82, 2.24) is 24.7 Å². The number of imidazole rings is 1. The first-order chi connectivity index (χ1) is 16.7. The normalized spacial score (nSPS) is 18.1. The van der Waals surface area contributed by atoms with E-state index >= 15 is 0 Å². The summed E-state index contributed by atoms with van der Waals surface area (Å²) in [7, 11) is -1.23. The van der Waals surface area contributed by atoms with Crippen LogP contribution in [0.2, 0.25) is 0 Å². The quantitative estimate of drug-likeness (QED) is 0.346. The van der Waals surface area contributed by atoms with E-state index in [2.05, 4.69) is 31.7 Å². The molecule has 0 bridgehead atoms. The Morgan fingerprint density at radius 1 is 1.09 bits per heavy atom. The molecule has 1 fully saturated rings. The Kier molecular flexibility index (Phi) is 5.37. The standard InChI is InChI=1S/C25H24N6O2S/c32-25-21-6-1-16(13-17(21)14-28-25)23-8-7-22(24-27-11-12-31(23)24)29-18-2-4-20(5-3-18)34(33)30-19-9-10-26-15-19/h1-8,11-13,19,26,29-30H,9-10,14-15H2,(H,28,32). The third-order valence-electron chi connectivity index (χ3n) is 6.32. The van der Waals surface area contributed by atoms with Gasteiger partial charge in [-0.1, -0.05) is 6.07 Å². The number of nitrogens with one attached hydrogen (secondary N) is 4. The zero-order chi connectivity index (χ0) is 23.1. The number of pyridine rings is 1. The molecule has 1 saturated heterocycles. The summed E-state index contributed by atoms with van der Waals surface area (Å²) in [5.41, 5.74) is 6.34. The molecular formula is C25H24N6O2S. The van der Waals surface area contributed by atoms with Crippen LogP contribution < -0.4 is 20.7 Å². The lowest BCUT2D eigenvalue weighted by Crippen LogP contribution is -2.32. The second-order valence-electron chi connectivity index (χ2n) is 8.53. The van der Waals surface area contributed by atoms with Gasteiger partial charge in [0.2, 0.25) is 0 Å². The number of fused-ring (bicyclic) bond motifs is 2. The molecule has 0 spiro atoms. The summed E-state index contributed by atoms with van der Waals surface area (Å²) in [5.74, 6) is -0.0185. The molecule has 2 aromatic carbocycles. The van der Waals surface area contributed by atoms with Crippen molar-refractivity contribution in [3.05, 3.63) is 78.1 Å². The Hall–Kier alpha value is -3.53. The van der Waals surface area contributed by atoms with E-state index < -0.39 is 11.0 Å². The summed E-state index contributed by atoms with van der Waals surface area (Å²) in [6, 6.07) is 17.8. The highest BCUT2D eigenvalue weighted by Gasteiger charge is 2.20. The van der Waals surface area contributed by atoms with Crippen LogP contribution in [-0.4, -0.2) is 38.6 Å². The van der Waals surface area contributed by atoms with Crippen LogP contribution in [0.3, 0.4) is 0 Å². The molecule has 4 heterocycles. The zero-order valence-corrected chi connectivity index (χ0v) is 19.2. The van der Waals surface area contributed by atoms with Crippen molar-refractivity contribution in [1.29, 1.82) is 0 Å². The van der Waals surface area contributed by atoms with Gasteiger partial charge in [0.25, 0.3) is 5.91 Å². The number of nitrogens with zero attached hydrogens (tertiary/aromatic N) is 2. The monoisotopic (exact) mass is 472 g/mol. The Morgan fingerprint density at radius 2 is 1.97 bits per heavy atom. The summed E-state index contributed by atoms with van der Waals surface area (Å²) in [5, 5.41) is 9.57. The largest absolute Gasteiger partial charge is 0.352 e. The van der Waals surface area contributed by atoms with Gasteiger partial charge < -0.3 is 16.0 Å². The maximum Gasteiger partial charge on any atom is 0.251 e. The minimum absolute atomic E-state index is 0.0185. The maximum absolute atomic E-state index is 12.6. The number of aromatic nitrogens is 2. The van der Waals surface area contributed by atoms with E-state index in [1.54, 1.807) is 6.20 Å². The van der Waals surface area contributed by atoms with Crippen molar-refractivity contribution in [3.8, 4) is 11.3 Å². The number of hydrogen-bond donors (Lipinski definition) is 4. The summed E-state index contributed by atoms with van der Waals surface area (Å²) >= 11 is 0. The van der Waals surface area contributed by atoms with Gasteiger partial charge in [-0.2, -0.15) is 0 Å². The molecule has 2 aliphatic rings. The topological polar surface area (TPSA) is 99.6 Å². The Labute approximate surface area is 199 Å². The number of benzene rings is 2.